The van der Waals surface area contributed by atoms with Gasteiger partial charge in [0.2, 0.25) is 5.91 Å². The molecule has 4 rings (SSSR count). The molecule has 188 valence electrons. The molecule has 3 amide bonds. The summed E-state index contributed by atoms with van der Waals surface area (Å²) in [6.45, 7) is 8.08. The maximum absolute atomic E-state index is 13.4. The molecule has 3 heterocycles. The maximum Gasteiger partial charge on any atom is 0.273 e. The van der Waals surface area contributed by atoms with Crippen LogP contribution in [0, 0.1) is 0 Å². The first-order valence-corrected chi connectivity index (χ1v) is 13.1. The lowest BCUT2D eigenvalue weighted by molar-refractivity contribution is -0.133. The van der Waals surface area contributed by atoms with Crippen LogP contribution in [0.3, 0.4) is 0 Å². The van der Waals surface area contributed by atoms with Gasteiger partial charge >= 0.3 is 0 Å². The first-order valence-electron chi connectivity index (χ1n) is 13.1. The van der Waals surface area contributed by atoms with Crippen molar-refractivity contribution in [3.63, 3.8) is 0 Å². The monoisotopic (exact) mass is 472 g/mol. The highest BCUT2D eigenvalue weighted by molar-refractivity contribution is 6.01. The van der Waals surface area contributed by atoms with Gasteiger partial charge in [-0.3, -0.25) is 19.1 Å². The van der Waals surface area contributed by atoms with Gasteiger partial charge in [-0.25, -0.2) is 0 Å². The van der Waals surface area contributed by atoms with E-state index in [1.165, 1.54) is 25.7 Å². The Morgan fingerprint density at radius 1 is 1.09 bits per heavy atom. The minimum Gasteiger partial charge on any atom is -0.351 e. The molecule has 3 aliphatic rings. The lowest BCUT2D eigenvalue weighted by atomic mass is 9.94. The third-order valence-electron chi connectivity index (χ3n) is 7.57. The van der Waals surface area contributed by atoms with Gasteiger partial charge in [0, 0.05) is 31.7 Å². The average molecular weight is 473 g/mol. The molecule has 0 bridgehead atoms. The lowest BCUT2D eigenvalue weighted by Gasteiger charge is -2.43. The molecule has 2 N–H and O–H groups in total. The van der Waals surface area contributed by atoms with Crippen LogP contribution in [0.2, 0.25) is 0 Å². The highest BCUT2D eigenvalue weighted by Gasteiger charge is 2.48. The molecule has 1 aromatic heterocycles. The summed E-state index contributed by atoms with van der Waals surface area (Å²) in [6, 6.07) is 1.74. The molecule has 1 atom stereocenters. The van der Waals surface area contributed by atoms with Gasteiger partial charge in [0.15, 0.2) is 5.69 Å². The number of aromatic nitrogens is 2. The second kappa shape index (κ2) is 10.9. The van der Waals surface area contributed by atoms with Gasteiger partial charge < -0.3 is 20.4 Å². The van der Waals surface area contributed by atoms with Crippen molar-refractivity contribution in [3.8, 4) is 0 Å². The Hall–Kier alpha value is -2.42. The second-order valence-electron chi connectivity index (χ2n) is 10.3. The molecule has 9 nitrogen and oxygen atoms in total. The predicted octanol–water partition coefficient (Wildman–Crippen LogP) is 2.17. The molecule has 2 fully saturated rings. The Bertz CT molecular complexity index is 885. The zero-order valence-electron chi connectivity index (χ0n) is 20.8. The molecule has 34 heavy (non-hydrogen) atoms. The molecule has 1 aromatic rings. The number of nitrogens with zero attached hydrogens (tertiary/aromatic N) is 4. The van der Waals surface area contributed by atoms with E-state index in [4.69, 9.17) is 0 Å². The molecule has 0 aromatic carbocycles. The number of likely N-dealkylation sites (tertiary alicyclic amines) is 1. The van der Waals surface area contributed by atoms with Crippen LogP contribution in [0.5, 0.6) is 0 Å². The molecule has 2 aliphatic heterocycles. The van der Waals surface area contributed by atoms with Crippen LogP contribution < -0.4 is 10.6 Å². The van der Waals surface area contributed by atoms with Crippen molar-refractivity contribution >= 4 is 17.7 Å². The Morgan fingerprint density at radius 2 is 1.79 bits per heavy atom. The van der Waals surface area contributed by atoms with Crippen molar-refractivity contribution in [2.45, 2.75) is 89.8 Å². The van der Waals surface area contributed by atoms with E-state index in [0.29, 0.717) is 18.8 Å². The highest BCUT2D eigenvalue weighted by atomic mass is 16.2. The minimum atomic E-state index is -1.03. The van der Waals surface area contributed by atoms with Crippen molar-refractivity contribution in [2.24, 2.45) is 0 Å². The fourth-order valence-electron chi connectivity index (χ4n) is 5.52. The SMILES string of the molecule is CCCN1C(=O)c2cc(C(=O)NCCN3CCCCCC3)nn2C[C@@]1(C)C(=O)NC1CCCC1. The number of carbonyl (C=O) groups is 3. The van der Waals surface area contributed by atoms with Crippen molar-refractivity contribution in [3.05, 3.63) is 17.5 Å². The maximum atomic E-state index is 13.4. The smallest absolute Gasteiger partial charge is 0.273 e. The normalized spacial score (nSPS) is 24.1. The number of hydrogen-bond acceptors (Lipinski definition) is 5. The van der Waals surface area contributed by atoms with Crippen LogP contribution in [0.4, 0.5) is 0 Å². The topological polar surface area (TPSA) is 99.6 Å². The van der Waals surface area contributed by atoms with E-state index in [-0.39, 0.29) is 36.0 Å². The molecule has 0 spiro atoms. The Kier molecular flexibility index (Phi) is 7.91. The van der Waals surface area contributed by atoms with Crippen LogP contribution in [-0.2, 0) is 11.3 Å². The molecular formula is C25H40N6O3. The molecular weight excluding hydrogens is 432 g/mol. The van der Waals surface area contributed by atoms with Crippen molar-refractivity contribution in [1.29, 1.82) is 0 Å². The first kappa shape index (κ1) is 24.7. The standard InChI is InChI=1S/C25H40N6O3/c1-3-13-30-23(33)21-17-20(22(32)26-12-16-29-14-8-4-5-9-15-29)28-31(21)18-25(30,2)24(34)27-19-10-6-7-11-19/h17,19H,3-16,18H2,1-2H3,(H,26,32)(H,27,34)/t25-/m0/s1. The summed E-state index contributed by atoms with van der Waals surface area (Å²) in [7, 11) is 0. The molecule has 1 saturated heterocycles. The van der Waals surface area contributed by atoms with Gasteiger partial charge in [-0.2, -0.15) is 5.10 Å². The fourth-order valence-corrected chi connectivity index (χ4v) is 5.52. The van der Waals surface area contributed by atoms with Crippen LogP contribution in [0.25, 0.3) is 0 Å². The zero-order valence-corrected chi connectivity index (χ0v) is 20.8. The lowest BCUT2D eigenvalue weighted by Crippen LogP contribution is -2.65. The van der Waals surface area contributed by atoms with E-state index in [0.717, 1.165) is 51.7 Å². The summed E-state index contributed by atoms with van der Waals surface area (Å²) in [5, 5.41) is 10.6. The molecule has 0 radical (unpaired) electrons. The summed E-state index contributed by atoms with van der Waals surface area (Å²) in [5.41, 5.74) is -0.428. The van der Waals surface area contributed by atoms with Crippen LogP contribution in [-0.4, -0.2) is 81.6 Å². The van der Waals surface area contributed by atoms with Gasteiger partial charge in [-0.05, 0) is 52.1 Å². The highest BCUT2D eigenvalue weighted by Crippen LogP contribution is 2.29. The second-order valence-corrected chi connectivity index (χ2v) is 10.3. The van der Waals surface area contributed by atoms with E-state index in [1.54, 1.807) is 15.6 Å². The molecule has 0 unspecified atom stereocenters. The van der Waals surface area contributed by atoms with E-state index in [9.17, 15) is 14.4 Å². The number of hydrogen-bond donors (Lipinski definition) is 2. The molecule has 9 heteroatoms. The number of fused-ring (bicyclic) bond motifs is 1. The van der Waals surface area contributed by atoms with Gasteiger partial charge in [0.25, 0.3) is 11.8 Å². The van der Waals surface area contributed by atoms with Crippen LogP contribution in [0.15, 0.2) is 6.07 Å². The Labute approximate surface area is 202 Å². The summed E-state index contributed by atoms with van der Waals surface area (Å²) < 4.78 is 1.55. The third-order valence-corrected chi connectivity index (χ3v) is 7.57. The molecule has 1 aliphatic carbocycles. The minimum absolute atomic E-state index is 0.134. The predicted molar refractivity (Wildman–Crippen MR) is 130 cm³/mol. The largest absolute Gasteiger partial charge is 0.351 e. The van der Waals surface area contributed by atoms with Crippen molar-refractivity contribution in [2.75, 3.05) is 32.7 Å². The fraction of sp³-hybridized carbons (Fsp3) is 0.760. The van der Waals surface area contributed by atoms with E-state index in [1.807, 2.05) is 13.8 Å². The zero-order chi connectivity index (χ0) is 24.1. The number of nitrogens with one attached hydrogen (secondary N) is 2. The van der Waals surface area contributed by atoms with Gasteiger partial charge in [0.1, 0.15) is 11.2 Å². The van der Waals surface area contributed by atoms with Gasteiger partial charge in [0.05, 0.1) is 6.54 Å². The summed E-state index contributed by atoms with van der Waals surface area (Å²) >= 11 is 0. The van der Waals surface area contributed by atoms with E-state index >= 15 is 0 Å². The van der Waals surface area contributed by atoms with Gasteiger partial charge in [-0.15, -0.1) is 0 Å². The third kappa shape index (κ3) is 5.29. The number of amides is 3. The average Bonchev–Trinajstić information content (AvgIpc) is 3.41. The summed E-state index contributed by atoms with van der Waals surface area (Å²) in [6.07, 6.45) is 9.95. The van der Waals surface area contributed by atoms with Crippen molar-refractivity contribution < 1.29 is 14.4 Å². The first-order chi connectivity index (χ1) is 16.4. The summed E-state index contributed by atoms with van der Waals surface area (Å²) in [4.78, 5) is 43.6. The van der Waals surface area contributed by atoms with Gasteiger partial charge in [-0.1, -0.05) is 32.6 Å². The van der Waals surface area contributed by atoms with E-state index < -0.39 is 5.54 Å². The Morgan fingerprint density at radius 3 is 2.47 bits per heavy atom. The van der Waals surface area contributed by atoms with Crippen LogP contribution in [0.1, 0.15) is 92.6 Å². The number of carbonyl (C=O) groups excluding carboxylic acids is 3. The van der Waals surface area contributed by atoms with Crippen LogP contribution >= 0.6 is 0 Å². The number of rotatable bonds is 8. The Balaban J connectivity index is 1.44. The molecule has 1 saturated carbocycles. The van der Waals surface area contributed by atoms with E-state index in [2.05, 4.69) is 20.6 Å². The summed E-state index contributed by atoms with van der Waals surface area (Å²) in [5.74, 6) is -0.650. The van der Waals surface area contributed by atoms with Crippen molar-refractivity contribution in [1.82, 2.24) is 30.2 Å². The quantitative estimate of drug-likeness (QED) is 0.604.